The molecule has 0 saturated heterocycles. The molecule has 1 aromatic heterocycles. The maximum atomic E-state index is 11.5. The maximum Gasteiger partial charge on any atom is 0.268 e. The number of amides is 1. The van der Waals surface area contributed by atoms with Crippen LogP contribution in [0.3, 0.4) is 0 Å². The van der Waals surface area contributed by atoms with Gasteiger partial charge in [0.05, 0.1) is 6.33 Å². The highest BCUT2D eigenvalue weighted by atomic mass is 127. The number of carbonyl (C=O) groups is 1. The number of nitrogens with zero attached hydrogens (tertiary/aromatic N) is 1. The number of hydrogen-bond donors (Lipinski definition) is 2. The van der Waals surface area contributed by atoms with E-state index in [0.29, 0.717) is 14.9 Å². The number of aromatic amines is 1. The topological polar surface area (TPSA) is 98.1 Å². The number of H-pyrrole nitrogens is 1. The Hall–Kier alpha value is -1.90. The van der Waals surface area contributed by atoms with Crippen molar-refractivity contribution in [2.24, 2.45) is 5.73 Å². The third-order valence-electron chi connectivity index (χ3n) is 2.71. The largest absolute Gasteiger partial charge is 0.437 e. The first-order valence-corrected chi connectivity index (χ1v) is 6.80. The summed E-state index contributed by atoms with van der Waals surface area (Å²) in [5.41, 5.74) is 6.91. The molecule has 0 aliphatic carbocycles. The zero-order chi connectivity index (χ0) is 14.9. The van der Waals surface area contributed by atoms with Gasteiger partial charge in [-0.05, 0) is 59.7 Å². The lowest BCUT2D eigenvalue weighted by atomic mass is 10.1. The van der Waals surface area contributed by atoms with E-state index in [9.17, 15) is 9.59 Å². The fourth-order valence-electron chi connectivity index (χ4n) is 1.79. The normalized spacial score (nSPS) is 10.3. The van der Waals surface area contributed by atoms with Crippen LogP contribution < -0.4 is 16.0 Å². The molecule has 20 heavy (non-hydrogen) atoms. The molecular formula is C13H12IN3O3. The Morgan fingerprint density at radius 3 is 2.50 bits per heavy atom. The Morgan fingerprint density at radius 2 is 1.95 bits per heavy atom. The van der Waals surface area contributed by atoms with Gasteiger partial charge in [0.25, 0.3) is 5.56 Å². The Kier molecular flexibility index (Phi) is 4.07. The molecule has 2 aromatic rings. The number of carbonyl (C=O) groups excluding carboxylic acids is 1. The van der Waals surface area contributed by atoms with Gasteiger partial charge in [-0.15, -0.1) is 0 Å². The van der Waals surface area contributed by atoms with Crippen molar-refractivity contribution in [1.29, 1.82) is 0 Å². The number of rotatable bonds is 3. The molecule has 0 radical (unpaired) electrons. The SMILES string of the molecule is Cc1cc(C(N)=O)cc(C)c1Oc1nc[nH]c(=O)c1I. The summed E-state index contributed by atoms with van der Waals surface area (Å²) in [6.45, 7) is 3.60. The van der Waals surface area contributed by atoms with Gasteiger partial charge in [0, 0.05) is 5.56 Å². The Bertz CT molecular complexity index is 717. The first-order chi connectivity index (χ1) is 9.40. The second-order valence-electron chi connectivity index (χ2n) is 4.26. The second kappa shape index (κ2) is 5.61. The predicted octanol–water partition coefficient (Wildman–Crippen LogP) is 1.88. The van der Waals surface area contributed by atoms with Crippen LogP contribution in [0.2, 0.25) is 0 Å². The molecular weight excluding hydrogens is 373 g/mol. The molecule has 0 aliphatic heterocycles. The zero-order valence-electron chi connectivity index (χ0n) is 10.9. The third-order valence-corrected chi connectivity index (χ3v) is 3.66. The van der Waals surface area contributed by atoms with E-state index in [1.165, 1.54) is 6.33 Å². The van der Waals surface area contributed by atoms with Gasteiger partial charge in [0.15, 0.2) is 0 Å². The van der Waals surface area contributed by atoms with Crippen molar-refractivity contribution in [2.45, 2.75) is 13.8 Å². The summed E-state index contributed by atoms with van der Waals surface area (Å²) in [4.78, 5) is 29.2. The van der Waals surface area contributed by atoms with E-state index in [1.807, 2.05) is 22.6 Å². The molecule has 0 bridgehead atoms. The zero-order valence-corrected chi connectivity index (χ0v) is 13.0. The molecule has 7 heteroatoms. The van der Waals surface area contributed by atoms with Crippen LogP contribution in [0.4, 0.5) is 0 Å². The number of primary amides is 1. The summed E-state index contributed by atoms with van der Waals surface area (Å²) >= 11 is 1.87. The molecule has 0 aliphatic rings. The smallest absolute Gasteiger partial charge is 0.268 e. The number of ether oxygens (including phenoxy) is 1. The van der Waals surface area contributed by atoms with Crippen LogP contribution in [0.5, 0.6) is 11.6 Å². The monoisotopic (exact) mass is 385 g/mol. The van der Waals surface area contributed by atoms with Crippen LogP contribution in [0, 0.1) is 17.4 Å². The Labute approximate surface area is 128 Å². The van der Waals surface area contributed by atoms with Crippen LogP contribution in [-0.4, -0.2) is 15.9 Å². The average molecular weight is 385 g/mol. The van der Waals surface area contributed by atoms with E-state index in [0.717, 1.165) is 11.1 Å². The van der Waals surface area contributed by atoms with Gasteiger partial charge in [0.1, 0.15) is 9.32 Å². The van der Waals surface area contributed by atoms with E-state index in [2.05, 4.69) is 9.97 Å². The molecule has 104 valence electrons. The molecule has 2 rings (SSSR count). The van der Waals surface area contributed by atoms with Gasteiger partial charge in [-0.2, -0.15) is 0 Å². The molecule has 1 heterocycles. The Morgan fingerprint density at radius 1 is 1.35 bits per heavy atom. The maximum absolute atomic E-state index is 11.5. The minimum Gasteiger partial charge on any atom is -0.437 e. The van der Waals surface area contributed by atoms with Crippen LogP contribution in [0.25, 0.3) is 0 Å². The lowest BCUT2D eigenvalue weighted by Crippen LogP contribution is -2.13. The number of benzene rings is 1. The van der Waals surface area contributed by atoms with Crippen LogP contribution in [-0.2, 0) is 0 Å². The first kappa shape index (κ1) is 14.5. The highest BCUT2D eigenvalue weighted by molar-refractivity contribution is 14.1. The van der Waals surface area contributed by atoms with E-state index >= 15 is 0 Å². The fourth-order valence-corrected chi connectivity index (χ4v) is 2.19. The van der Waals surface area contributed by atoms with Crippen LogP contribution in [0.15, 0.2) is 23.3 Å². The molecule has 6 nitrogen and oxygen atoms in total. The van der Waals surface area contributed by atoms with Gasteiger partial charge in [-0.1, -0.05) is 0 Å². The second-order valence-corrected chi connectivity index (χ2v) is 5.34. The van der Waals surface area contributed by atoms with Crippen molar-refractivity contribution in [3.8, 4) is 11.6 Å². The highest BCUT2D eigenvalue weighted by Crippen LogP contribution is 2.29. The molecule has 0 spiro atoms. The quantitative estimate of drug-likeness (QED) is 0.789. The van der Waals surface area contributed by atoms with Crippen molar-refractivity contribution in [3.05, 3.63) is 49.1 Å². The van der Waals surface area contributed by atoms with Gasteiger partial charge < -0.3 is 15.5 Å². The summed E-state index contributed by atoms with van der Waals surface area (Å²) in [6, 6.07) is 3.29. The van der Waals surface area contributed by atoms with Gasteiger partial charge in [-0.25, -0.2) is 4.98 Å². The molecule has 1 aromatic carbocycles. The summed E-state index contributed by atoms with van der Waals surface area (Å²) < 4.78 is 6.06. The summed E-state index contributed by atoms with van der Waals surface area (Å²) in [6.07, 6.45) is 1.28. The van der Waals surface area contributed by atoms with Crippen molar-refractivity contribution in [3.63, 3.8) is 0 Å². The van der Waals surface area contributed by atoms with Crippen LogP contribution >= 0.6 is 22.6 Å². The van der Waals surface area contributed by atoms with E-state index in [1.54, 1.807) is 26.0 Å². The lowest BCUT2D eigenvalue weighted by Gasteiger charge is -2.12. The number of hydrogen-bond acceptors (Lipinski definition) is 4. The highest BCUT2D eigenvalue weighted by Gasteiger charge is 2.13. The number of aromatic nitrogens is 2. The first-order valence-electron chi connectivity index (χ1n) is 5.72. The van der Waals surface area contributed by atoms with Gasteiger partial charge in [0.2, 0.25) is 11.8 Å². The minimum atomic E-state index is -0.494. The number of nitrogens with one attached hydrogen (secondary N) is 1. The molecule has 0 fully saturated rings. The molecule has 0 unspecified atom stereocenters. The van der Waals surface area contributed by atoms with Crippen molar-refractivity contribution < 1.29 is 9.53 Å². The molecule has 3 N–H and O–H groups in total. The van der Waals surface area contributed by atoms with E-state index in [4.69, 9.17) is 10.5 Å². The standard InChI is InChI=1S/C13H12IN3O3/c1-6-3-8(11(15)18)4-7(2)10(6)20-13-9(14)12(19)16-5-17-13/h3-5H,1-2H3,(H2,15,18)(H,16,17,19). The molecule has 0 saturated carbocycles. The van der Waals surface area contributed by atoms with Crippen LogP contribution in [0.1, 0.15) is 21.5 Å². The summed E-state index contributed by atoms with van der Waals surface area (Å²) in [5, 5.41) is 0. The fraction of sp³-hybridized carbons (Fsp3) is 0.154. The minimum absolute atomic E-state index is 0.229. The Balaban J connectivity index is 2.47. The summed E-state index contributed by atoms with van der Waals surface area (Å²) in [7, 11) is 0. The van der Waals surface area contributed by atoms with Gasteiger partial charge >= 0.3 is 0 Å². The number of aryl methyl sites for hydroxylation is 2. The van der Waals surface area contributed by atoms with E-state index in [-0.39, 0.29) is 11.4 Å². The lowest BCUT2D eigenvalue weighted by molar-refractivity contribution is 0.1000. The average Bonchev–Trinajstić information content (AvgIpc) is 2.38. The van der Waals surface area contributed by atoms with Gasteiger partial charge in [-0.3, -0.25) is 9.59 Å². The summed E-state index contributed by atoms with van der Waals surface area (Å²) in [5.74, 6) is 0.296. The number of nitrogens with two attached hydrogens (primary N) is 1. The molecule has 1 amide bonds. The van der Waals surface area contributed by atoms with Crippen molar-refractivity contribution >= 4 is 28.5 Å². The van der Waals surface area contributed by atoms with E-state index < -0.39 is 5.91 Å². The van der Waals surface area contributed by atoms with Crippen molar-refractivity contribution in [2.75, 3.05) is 0 Å². The third kappa shape index (κ3) is 2.82. The predicted molar refractivity (Wildman–Crippen MR) is 82.1 cm³/mol. The number of halogens is 1. The molecule has 0 atom stereocenters. The van der Waals surface area contributed by atoms with Crippen molar-refractivity contribution in [1.82, 2.24) is 9.97 Å².